The lowest BCUT2D eigenvalue weighted by Crippen LogP contribution is -2.33. The molecule has 1 aliphatic rings. The summed E-state index contributed by atoms with van der Waals surface area (Å²) in [6.45, 7) is 1.43. The number of ether oxygens (including phenoxy) is 1. The molecule has 116 valence electrons. The Hall–Kier alpha value is -1.38. The first-order chi connectivity index (χ1) is 9.92. The molecule has 2 N–H and O–H groups in total. The second-order valence-electron chi connectivity index (χ2n) is 4.61. The second kappa shape index (κ2) is 6.59. The molecular formula is C11H16N2O7P+. The molecule has 2 heterocycles. The number of hydrogen-bond acceptors (Lipinski definition) is 7. The molecule has 9 nitrogen and oxygen atoms in total. The topological polar surface area (TPSA) is 120 Å². The molecule has 1 fully saturated rings. The van der Waals surface area contributed by atoms with Crippen molar-refractivity contribution in [2.45, 2.75) is 31.8 Å². The van der Waals surface area contributed by atoms with E-state index in [0.29, 0.717) is 5.56 Å². The van der Waals surface area contributed by atoms with Crippen LogP contribution in [0.3, 0.4) is 0 Å². The number of aromatic nitrogens is 2. The van der Waals surface area contributed by atoms with Crippen LogP contribution in [0.5, 0.6) is 0 Å². The number of aliphatic hydroxyl groups excluding tert-OH is 1. The lowest BCUT2D eigenvalue weighted by Gasteiger charge is -2.14. The van der Waals surface area contributed by atoms with Crippen molar-refractivity contribution in [3.05, 3.63) is 32.6 Å². The van der Waals surface area contributed by atoms with E-state index < -0.39 is 37.9 Å². The highest BCUT2D eigenvalue weighted by Crippen LogP contribution is 2.30. The molecule has 0 saturated carbocycles. The molecule has 1 saturated heterocycles. The minimum absolute atomic E-state index is 0.127. The Bertz CT molecular complexity index is 640. The Balaban J connectivity index is 2.10. The van der Waals surface area contributed by atoms with Crippen LogP contribution >= 0.6 is 8.25 Å². The molecule has 21 heavy (non-hydrogen) atoms. The van der Waals surface area contributed by atoms with Gasteiger partial charge in [-0.3, -0.25) is 14.3 Å². The first-order valence-corrected chi connectivity index (χ1v) is 7.31. The number of hydrogen-bond donors (Lipinski definition) is 2. The fourth-order valence-electron chi connectivity index (χ4n) is 2.02. The van der Waals surface area contributed by atoms with E-state index in [0.717, 1.165) is 0 Å². The molecule has 0 aliphatic carbocycles. The van der Waals surface area contributed by atoms with Crippen molar-refractivity contribution in [3.8, 4) is 0 Å². The number of nitrogens with zero attached hydrogens (tertiary/aromatic N) is 1. The summed E-state index contributed by atoms with van der Waals surface area (Å²) in [4.78, 5) is 25.2. The molecule has 1 unspecified atom stereocenters. The van der Waals surface area contributed by atoms with Crippen molar-refractivity contribution < 1.29 is 23.5 Å². The van der Waals surface area contributed by atoms with Gasteiger partial charge in [-0.15, -0.1) is 9.05 Å². The van der Waals surface area contributed by atoms with Gasteiger partial charge in [0.2, 0.25) is 0 Å². The van der Waals surface area contributed by atoms with Crippen molar-refractivity contribution in [2.75, 3.05) is 13.7 Å². The predicted octanol–water partition coefficient (Wildman–Crippen LogP) is -0.186. The average molecular weight is 319 g/mol. The highest BCUT2D eigenvalue weighted by molar-refractivity contribution is 7.33. The zero-order chi connectivity index (χ0) is 15.6. The molecule has 1 aromatic heterocycles. The fraction of sp³-hybridized carbons (Fsp3) is 0.636. The fourth-order valence-corrected chi connectivity index (χ4v) is 2.40. The molecule has 1 aliphatic heterocycles. The summed E-state index contributed by atoms with van der Waals surface area (Å²) >= 11 is 0. The van der Waals surface area contributed by atoms with E-state index in [2.05, 4.69) is 9.51 Å². The Morgan fingerprint density at radius 3 is 2.95 bits per heavy atom. The Morgan fingerprint density at radius 2 is 2.29 bits per heavy atom. The maximum atomic E-state index is 11.8. The lowest BCUT2D eigenvalue weighted by atomic mass is 10.2. The molecule has 0 aromatic carbocycles. The van der Waals surface area contributed by atoms with Gasteiger partial charge in [-0.1, -0.05) is 0 Å². The van der Waals surface area contributed by atoms with Crippen LogP contribution in [0.15, 0.2) is 15.8 Å². The average Bonchev–Trinajstić information content (AvgIpc) is 2.81. The van der Waals surface area contributed by atoms with E-state index in [9.17, 15) is 19.3 Å². The van der Waals surface area contributed by atoms with E-state index in [1.165, 1.54) is 17.9 Å². The third-order valence-electron chi connectivity index (χ3n) is 3.15. The van der Waals surface area contributed by atoms with Gasteiger partial charge < -0.3 is 9.84 Å². The SMILES string of the molecule is CO[P+](=O)OC[C@H]1O[C@@H](n2cc(C)c(=O)[nH]c2=O)C[C@@H]1O. The van der Waals surface area contributed by atoms with Crippen molar-refractivity contribution in [1.82, 2.24) is 9.55 Å². The Labute approximate surface area is 120 Å². The van der Waals surface area contributed by atoms with Crippen molar-refractivity contribution in [1.29, 1.82) is 0 Å². The first-order valence-electron chi connectivity index (χ1n) is 6.22. The predicted molar refractivity (Wildman–Crippen MR) is 71.2 cm³/mol. The molecule has 2 rings (SSSR count). The van der Waals surface area contributed by atoms with Crippen LogP contribution in [0.25, 0.3) is 0 Å². The second-order valence-corrected chi connectivity index (χ2v) is 5.68. The zero-order valence-electron chi connectivity index (χ0n) is 11.5. The summed E-state index contributed by atoms with van der Waals surface area (Å²) in [5.74, 6) is 0. The van der Waals surface area contributed by atoms with Gasteiger partial charge in [0.25, 0.3) is 5.56 Å². The molecule has 10 heteroatoms. The number of H-pyrrole nitrogens is 1. The van der Waals surface area contributed by atoms with Crippen molar-refractivity contribution in [3.63, 3.8) is 0 Å². The van der Waals surface area contributed by atoms with Gasteiger partial charge in [0.05, 0.1) is 13.2 Å². The quantitative estimate of drug-likeness (QED) is 0.722. The number of aryl methyl sites for hydroxylation is 1. The third-order valence-corrected chi connectivity index (χ3v) is 3.81. The molecular weight excluding hydrogens is 303 g/mol. The van der Waals surface area contributed by atoms with E-state index >= 15 is 0 Å². The lowest BCUT2D eigenvalue weighted by molar-refractivity contribution is -0.0416. The van der Waals surface area contributed by atoms with Crippen LogP contribution in [0.2, 0.25) is 0 Å². The van der Waals surface area contributed by atoms with Crippen molar-refractivity contribution in [2.24, 2.45) is 0 Å². The number of nitrogens with one attached hydrogen (secondary N) is 1. The highest BCUT2D eigenvalue weighted by atomic mass is 31.1. The van der Waals surface area contributed by atoms with Gasteiger partial charge in [-0.2, -0.15) is 0 Å². The molecule has 0 amide bonds. The van der Waals surface area contributed by atoms with Gasteiger partial charge >= 0.3 is 13.9 Å². The molecule has 4 atom stereocenters. The summed E-state index contributed by atoms with van der Waals surface area (Å²) in [6.07, 6.45) is -0.810. The number of rotatable bonds is 5. The summed E-state index contributed by atoms with van der Waals surface area (Å²) in [6, 6.07) is 0. The van der Waals surface area contributed by atoms with Crippen LogP contribution in [0.1, 0.15) is 18.2 Å². The van der Waals surface area contributed by atoms with E-state index in [1.807, 2.05) is 0 Å². The highest BCUT2D eigenvalue weighted by Gasteiger charge is 2.38. The smallest absolute Gasteiger partial charge is 0.390 e. The number of aromatic amines is 1. The van der Waals surface area contributed by atoms with Crippen LogP contribution < -0.4 is 11.2 Å². The summed E-state index contributed by atoms with van der Waals surface area (Å²) in [5.41, 5.74) is -0.728. The normalized spacial score (nSPS) is 26.0. The maximum absolute atomic E-state index is 11.8. The minimum Gasteiger partial charge on any atom is -0.390 e. The van der Waals surface area contributed by atoms with Crippen LogP contribution in [-0.4, -0.2) is 40.6 Å². The third kappa shape index (κ3) is 3.63. The van der Waals surface area contributed by atoms with E-state index in [-0.39, 0.29) is 13.0 Å². The summed E-state index contributed by atoms with van der Waals surface area (Å²) in [7, 11) is -1.02. The van der Waals surface area contributed by atoms with Crippen molar-refractivity contribution >= 4 is 8.25 Å². The standard InChI is InChI=1S/C11H15N2O7P/c1-6-4-13(11(16)12-10(6)15)9-3-7(14)8(20-9)5-19-21(17)18-2/h4,7-9,14H,3,5H2,1-2H3/p+1/t7-,8+,9+/m0/s1. The van der Waals surface area contributed by atoms with Gasteiger partial charge in [0.15, 0.2) is 0 Å². The van der Waals surface area contributed by atoms with Gasteiger partial charge in [0, 0.05) is 22.7 Å². The molecule has 0 spiro atoms. The van der Waals surface area contributed by atoms with E-state index in [4.69, 9.17) is 9.26 Å². The molecule has 0 radical (unpaired) electrons. The monoisotopic (exact) mass is 319 g/mol. The molecule has 1 aromatic rings. The Kier molecular flexibility index (Phi) is 5.02. The first kappa shape index (κ1) is 16.0. The summed E-state index contributed by atoms with van der Waals surface area (Å²) in [5, 5.41) is 9.89. The van der Waals surface area contributed by atoms with Crippen LogP contribution in [-0.2, 0) is 18.3 Å². The zero-order valence-corrected chi connectivity index (χ0v) is 12.4. The molecule has 0 bridgehead atoms. The van der Waals surface area contributed by atoms with Gasteiger partial charge in [0.1, 0.15) is 18.9 Å². The Morgan fingerprint density at radius 1 is 1.57 bits per heavy atom. The van der Waals surface area contributed by atoms with Crippen LogP contribution in [0.4, 0.5) is 0 Å². The number of aliphatic hydroxyl groups is 1. The summed E-state index contributed by atoms with van der Waals surface area (Å²) < 4.78 is 27.1. The minimum atomic E-state index is -2.25. The maximum Gasteiger partial charge on any atom is 0.697 e. The largest absolute Gasteiger partial charge is 0.697 e. The van der Waals surface area contributed by atoms with Crippen LogP contribution in [0, 0.1) is 6.92 Å². The van der Waals surface area contributed by atoms with E-state index in [1.54, 1.807) is 6.92 Å². The van der Waals surface area contributed by atoms with Gasteiger partial charge in [-0.25, -0.2) is 4.79 Å². The van der Waals surface area contributed by atoms with Gasteiger partial charge in [-0.05, 0) is 6.92 Å².